The van der Waals surface area contributed by atoms with Gasteiger partial charge in [0.1, 0.15) is 11.7 Å². The Morgan fingerprint density at radius 2 is 1.88 bits per heavy atom. The van der Waals surface area contributed by atoms with Crippen molar-refractivity contribution in [2.45, 2.75) is 26.8 Å². The summed E-state index contributed by atoms with van der Waals surface area (Å²) in [6, 6.07) is 3.97. The summed E-state index contributed by atoms with van der Waals surface area (Å²) in [4.78, 5) is 35.1. The van der Waals surface area contributed by atoms with Crippen LogP contribution < -0.4 is 20.1 Å². The summed E-state index contributed by atoms with van der Waals surface area (Å²) in [5.74, 6) is -1.47. The first-order chi connectivity index (χ1) is 11.8. The van der Waals surface area contributed by atoms with Gasteiger partial charge in [0.2, 0.25) is 12.7 Å². The number of fused-ring (bicyclic) bond motifs is 1. The fourth-order valence-corrected chi connectivity index (χ4v) is 2.25. The van der Waals surface area contributed by atoms with Gasteiger partial charge in [-0.2, -0.15) is 0 Å². The normalized spacial score (nSPS) is 14.2. The Hall–Kier alpha value is -3.03. The summed E-state index contributed by atoms with van der Waals surface area (Å²) in [7, 11) is 0. The zero-order valence-electron chi connectivity index (χ0n) is 14.2. The number of amides is 2. The average Bonchev–Trinajstić information content (AvgIpc) is 2.98. The molecule has 2 rings (SSSR count). The number of ether oxygens (including phenoxy) is 2. The van der Waals surface area contributed by atoms with Gasteiger partial charge in [0.25, 0.3) is 5.91 Å². The van der Waals surface area contributed by atoms with Crippen molar-refractivity contribution in [3.05, 3.63) is 29.5 Å². The van der Waals surface area contributed by atoms with E-state index in [1.807, 2.05) is 0 Å². The number of hydrogen-bond acceptors (Lipinski definition) is 5. The summed E-state index contributed by atoms with van der Waals surface area (Å²) in [5.41, 5.74) is 0.540. The SMILES string of the molecule is CC(=O)NC(=Cc1ccc2c(c1)OCO2)C(=O)N[C@@H](C(=O)O)C(C)C. The number of aliphatic carboxylic acids is 1. The summed E-state index contributed by atoms with van der Waals surface area (Å²) >= 11 is 0. The summed E-state index contributed by atoms with van der Waals surface area (Å²) < 4.78 is 10.5. The molecule has 0 radical (unpaired) electrons. The molecule has 0 unspecified atom stereocenters. The number of carbonyl (C=O) groups is 3. The van der Waals surface area contributed by atoms with Crippen molar-refractivity contribution in [1.29, 1.82) is 0 Å². The summed E-state index contributed by atoms with van der Waals surface area (Å²) in [5, 5.41) is 14.0. The zero-order chi connectivity index (χ0) is 18.6. The summed E-state index contributed by atoms with van der Waals surface area (Å²) in [6.07, 6.45) is 1.44. The third kappa shape index (κ3) is 4.72. The minimum Gasteiger partial charge on any atom is -0.480 e. The molecule has 134 valence electrons. The first kappa shape index (κ1) is 18.3. The second-order valence-corrected chi connectivity index (χ2v) is 5.89. The molecule has 1 aliphatic rings. The lowest BCUT2D eigenvalue weighted by Crippen LogP contribution is -2.46. The number of benzene rings is 1. The Kier molecular flexibility index (Phi) is 5.63. The highest BCUT2D eigenvalue weighted by Crippen LogP contribution is 2.33. The second-order valence-electron chi connectivity index (χ2n) is 5.89. The maximum Gasteiger partial charge on any atom is 0.326 e. The van der Waals surface area contributed by atoms with Crippen LogP contribution in [0, 0.1) is 5.92 Å². The monoisotopic (exact) mass is 348 g/mol. The molecule has 0 bridgehead atoms. The molecule has 8 nitrogen and oxygen atoms in total. The Balaban J connectivity index is 2.27. The number of hydrogen-bond donors (Lipinski definition) is 3. The van der Waals surface area contributed by atoms with Crippen LogP contribution in [-0.4, -0.2) is 35.7 Å². The van der Waals surface area contributed by atoms with E-state index < -0.39 is 23.8 Å². The van der Waals surface area contributed by atoms with Crippen molar-refractivity contribution in [2.24, 2.45) is 5.92 Å². The highest BCUT2D eigenvalue weighted by Gasteiger charge is 2.25. The molecule has 1 atom stereocenters. The third-order valence-electron chi connectivity index (χ3n) is 3.48. The number of carbonyl (C=O) groups excluding carboxylic acids is 2. The van der Waals surface area contributed by atoms with Crippen molar-refractivity contribution in [1.82, 2.24) is 10.6 Å². The average molecular weight is 348 g/mol. The van der Waals surface area contributed by atoms with Gasteiger partial charge in [-0.1, -0.05) is 19.9 Å². The van der Waals surface area contributed by atoms with Crippen LogP contribution in [0.15, 0.2) is 23.9 Å². The van der Waals surface area contributed by atoms with Gasteiger partial charge in [0.15, 0.2) is 11.5 Å². The van der Waals surface area contributed by atoms with Crippen LogP contribution in [0.25, 0.3) is 6.08 Å². The quantitative estimate of drug-likeness (QED) is 0.664. The number of carboxylic acid groups (broad SMARTS) is 1. The molecule has 1 aliphatic heterocycles. The molecule has 2 amide bonds. The minimum absolute atomic E-state index is 0.0572. The zero-order valence-corrected chi connectivity index (χ0v) is 14.2. The standard InChI is InChI=1S/C17H20N2O6/c1-9(2)15(17(22)23)19-16(21)12(18-10(3)20)6-11-4-5-13-14(7-11)25-8-24-13/h4-7,9,15H,8H2,1-3H3,(H,18,20)(H,19,21)(H,22,23)/t15-/m1/s1. The predicted molar refractivity (Wildman–Crippen MR) is 88.8 cm³/mol. The lowest BCUT2D eigenvalue weighted by molar-refractivity contribution is -0.142. The topological polar surface area (TPSA) is 114 Å². The smallest absolute Gasteiger partial charge is 0.326 e. The molecule has 1 aromatic rings. The fraction of sp³-hybridized carbons (Fsp3) is 0.353. The number of rotatable bonds is 6. The van der Waals surface area contributed by atoms with Gasteiger partial charge >= 0.3 is 5.97 Å². The van der Waals surface area contributed by atoms with Crippen molar-refractivity contribution < 1.29 is 29.0 Å². The van der Waals surface area contributed by atoms with Crippen LogP contribution in [0.2, 0.25) is 0 Å². The van der Waals surface area contributed by atoms with Crippen LogP contribution in [-0.2, 0) is 14.4 Å². The van der Waals surface area contributed by atoms with Crippen LogP contribution in [0.3, 0.4) is 0 Å². The van der Waals surface area contributed by atoms with E-state index in [1.165, 1.54) is 13.0 Å². The van der Waals surface area contributed by atoms with Gasteiger partial charge in [-0.25, -0.2) is 4.79 Å². The van der Waals surface area contributed by atoms with E-state index in [1.54, 1.807) is 32.0 Å². The van der Waals surface area contributed by atoms with Gasteiger partial charge in [-0.3, -0.25) is 9.59 Å². The Labute approximate surface area is 144 Å². The van der Waals surface area contributed by atoms with Crippen molar-refractivity contribution in [3.8, 4) is 11.5 Å². The van der Waals surface area contributed by atoms with E-state index in [0.717, 1.165) is 0 Å². The molecule has 0 saturated heterocycles. The molecule has 0 spiro atoms. The van der Waals surface area contributed by atoms with Gasteiger partial charge < -0.3 is 25.2 Å². The van der Waals surface area contributed by atoms with Crippen LogP contribution in [0.1, 0.15) is 26.3 Å². The van der Waals surface area contributed by atoms with Gasteiger partial charge in [0, 0.05) is 6.92 Å². The lowest BCUT2D eigenvalue weighted by atomic mass is 10.0. The molecule has 0 aliphatic carbocycles. The molecule has 0 fully saturated rings. The molecule has 3 N–H and O–H groups in total. The Bertz CT molecular complexity index is 726. The maximum atomic E-state index is 12.4. The molecule has 8 heteroatoms. The maximum absolute atomic E-state index is 12.4. The van der Waals surface area contributed by atoms with E-state index >= 15 is 0 Å². The van der Waals surface area contributed by atoms with Crippen LogP contribution in [0.4, 0.5) is 0 Å². The molecular formula is C17H20N2O6. The van der Waals surface area contributed by atoms with E-state index in [0.29, 0.717) is 17.1 Å². The highest BCUT2D eigenvalue weighted by molar-refractivity contribution is 6.02. The largest absolute Gasteiger partial charge is 0.480 e. The van der Waals surface area contributed by atoms with E-state index in [4.69, 9.17) is 9.47 Å². The van der Waals surface area contributed by atoms with Crippen LogP contribution >= 0.6 is 0 Å². The molecule has 1 heterocycles. The third-order valence-corrected chi connectivity index (χ3v) is 3.48. The van der Waals surface area contributed by atoms with E-state index in [-0.39, 0.29) is 18.4 Å². The molecule has 25 heavy (non-hydrogen) atoms. The Morgan fingerprint density at radius 3 is 2.48 bits per heavy atom. The predicted octanol–water partition coefficient (Wildman–Crippen LogP) is 1.12. The molecule has 0 aromatic heterocycles. The second kappa shape index (κ2) is 7.69. The Morgan fingerprint density at radius 1 is 1.20 bits per heavy atom. The van der Waals surface area contributed by atoms with E-state index in [2.05, 4.69) is 10.6 Å². The number of carboxylic acids is 1. The molecule has 0 saturated carbocycles. The van der Waals surface area contributed by atoms with Gasteiger partial charge in [-0.15, -0.1) is 0 Å². The van der Waals surface area contributed by atoms with Crippen molar-refractivity contribution in [2.75, 3.05) is 6.79 Å². The van der Waals surface area contributed by atoms with Crippen LogP contribution in [0.5, 0.6) is 11.5 Å². The van der Waals surface area contributed by atoms with Gasteiger partial charge in [-0.05, 0) is 29.7 Å². The fourth-order valence-electron chi connectivity index (χ4n) is 2.25. The first-order valence-electron chi connectivity index (χ1n) is 7.70. The first-order valence-corrected chi connectivity index (χ1v) is 7.70. The number of nitrogens with one attached hydrogen (secondary N) is 2. The molecular weight excluding hydrogens is 328 g/mol. The van der Waals surface area contributed by atoms with E-state index in [9.17, 15) is 19.5 Å². The lowest BCUT2D eigenvalue weighted by Gasteiger charge is -2.19. The minimum atomic E-state index is -1.14. The summed E-state index contributed by atoms with van der Waals surface area (Å²) in [6.45, 7) is 4.74. The van der Waals surface area contributed by atoms with Crippen molar-refractivity contribution >= 4 is 23.9 Å². The molecule has 1 aromatic carbocycles. The van der Waals surface area contributed by atoms with Crippen molar-refractivity contribution in [3.63, 3.8) is 0 Å². The van der Waals surface area contributed by atoms with Gasteiger partial charge in [0.05, 0.1) is 0 Å². The highest BCUT2D eigenvalue weighted by atomic mass is 16.7.